The minimum absolute atomic E-state index is 0. The molecule has 41 valence electrons. The molecule has 1 aliphatic carbocycles. The molecular formula is C5H5AlCl2+. The van der Waals surface area contributed by atoms with E-state index in [1.165, 1.54) is 0 Å². The van der Waals surface area contributed by atoms with Crippen LogP contribution in [0.4, 0.5) is 0 Å². The predicted octanol–water partition coefficient (Wildman–Crippen LogP) is -5.35. The van der Waals surface area contributed by atoms with E-state index in [4.69, 9.17) is 0 Å². The number of hydrogen-bond acceptors (Lipinski definition) is 0. The van der Waals surface area contributed by atoms with Crippen molar-refractivity contribution < 1.29 is 24.8 Å². The van der Waals surface area contributed by atoms with Crippen molar-refractivity contribution in [2.75, 3.05) is 0 Å². The van der Waals surface area contributed by atoms with Crippen molar-refractivity contribution in [3.05, 3.63) is 32.1 Å². The van der Waals surface area contributed by atoms with Crippen molar-refractivity contribution in [2.24, 2.45) is 0 Å². The molecule has 8 heavy (non-hydrogen) atoms. The van der Waals surface area contributed by atoms with Crippen LogP contribution < -0.4 is 24.8 Å². The molecule has 0 aromatic carbocycles. The predicted molar refractivity (Wildman–Crippen MR) is 27.3 cm³/mol. The van der Waals surface area contributed by atoms with Gasteiger partial charge in [0.05, 0.1) is 0 Å². The van der Waals surface area contributed by atoms with Gasteiger partial charge in [0.1, 0.15) is 0 Å². The fourth-order valence-corrected chi connectivity index (χ4v) is 0.321. The fourth-order valence-electron chi connectivity index (χ4n) is 0.321. The van der Waals surface area contributed by atoms with Crippen LogP contribution >= 0.6 is 0 Å². The average Bonchev–Trinajstić information content (AvgIpc) is 1.76. The molecule has 0 heterocycles. The van der Waals surface area contributed by atoms with Crippen LogP contribution in [-0.4, -0.2) is 17.4 Å². The van der Waals surface area contributed by atoms with Gasteiger partial charge in [0, 0.05) is 0 Å². The Kier molecular flexibility index (Phi) is 22.0. The van der Waals surface area contributed by atoms with Gasteiger partial charge in [-0.15, -0.1) is 0 Å². The van der Waals surface area contributed by atoms with Crippen molar-refractivity contribution in [1.82, 2.24) is 0 Å². The number of hydrogen-bond donors (Lipinski definition) is 0. The molecule has 3 heteroatoms. The van der Waals surface area contributed by atoms with Gasteiger partial charge in [-0.3, -0.25) is 0 Å². The fraction of sp³-hybridized carbons (Fsp3) is 0. The van der Waals surface area contributed by atoms with E-state index in [2.05, 4.69) is 0 Å². The van der Waals surface area contributed by atoms with Crippen molar-refractivity contribution in [3.8, 4) is 0 Å². The SMILES string of the molecule is [Al+3].[CH]1[CH][CH][CH][CH]1.[Cl-].[Cl-]. The zero-order valence-corrected chi connectivity index (χ0v) is 6.89. The Balaban J connectivity index is -0.0000000833. The molecule has 0 aromatic rings. The van der Waals surface area contributed by atoms with E-state index in [1.807, 2.05) is 32.1 Å². The zero-order chi connectivity index (χ0) is 3.54. The third-order valence-electron chi connectivity index (χ3n) is 0.556. The van der Waals surface area contributed by atoms with Crippen LogP contribution in [0.5, 0.6) is 0 Å². The quantitative estimate of drug-likeness (QED) is 0.313. The van der Waals surface area contributed by atoms with Crippen LogP contribution in [-0.2, 0) is 0 Å². The summed E-state index contributed by atoms with van der Waals surface area (Å²) in [4.78, 5) is 0. The molecule has 0 aliphatic heterocycles. The average molecular weight is 163 g/mol. The third kappa shape index (κ3) is 7.11. The van der Waals surface area contributed by atoms with Crippen molar-refractivity contribution in [1.29, 1.82) is 0 Å². The van der Waals surface area contributed by atoms with E-state index in [9.17, 15) is 0 Å². The van der Waals surface area contributed by atoms with E-state index in [0.29, 0.717) is 0 Å². The molecule has 0 N–H and O–H groups in total. The van der Waals surface area contributed by atoms with E-state index >= 15 is 0 Å². The van der Waals surface area contributed by atoms with Crippen molar-refractivity contribution in [3.63, 3.8) is 0 Å². The topological polar surface area (TPSA) is 0 Å². The summed E-state index contributed by atoms with van der Waals surface area (Å²) >= 11 is 0. The first-order valence-corrected chi connectivity index (χ1v) is 1.67. The second-order valence-corrected chi connectivity index (χ2v) is 0.962. The van der Waals surface area contributed by atoms with Crippen molar-refractivity contribution in [2.45, 2.75) is 0 Å². The van der Waals surface area contributed by atoms with Gasteiger partial charge < -0.3 is 24.8 Å². The Morgan fingerprint density at radius 3 is 0.750 bits per heavy atom. The smallest absolute Gasteiger partial charge is 1.00 e. The van der Waals surface area contributed by atoms with Crippen LogP contribution in [0.2, 0.25) is 0 Å². The van der Waals surface area contributed by atoms with Gasteiger partial charge in [0.15, 0.2) is 0 Å². The summed E-state index contributed by atoms with van der Waals surface area (Å²) in [5, 5.41) is 0. The Morgan fingerprint density at radius 2 is 0.625 bits per heavy atom. The maximum atomic E-state index is 2.00. The largest absolute Gasteiger partial charge is 3.00 e. The van der Waals surface area contributed by atoms with Crippen LogP contribution in [0.15, 0.2) is 0 Å². The Bertz CT molecular complexity index is 22.0. The first-order chi connectivity index (χ1) is 2.50. The van der Waals surface area contributed by atoms with E-state index in [0.717, 1.165) is 0 Å². The van der Waals surface area contributed by atoms with Gasteiger partial charge >= 0.3 is 17.4 Å². The van der Waals surface area contributed by atoms with Crippen LogP contribution in [0.1, 0.15) is 0 Å². The number of halogens is 2. The summed E-state index contributed by atoms with van der Waals surface area (Å²) in [6.45, 7) is 0. The van der Waals surface area contributed by atoms with E-state index < -0.39 is 0 Å². The minimum atomic E-state index is 0. The number of rotatable bonds is 0. The Labute approximate surface area is 74.4 Å². The van der Waals surface area contributed by atoms with Crippen LogP contribution in [0, 0.1) is 32.1 Å². The molecule has 1 fully saturated rings. The summed E-state index contributed by atoms with van der Waals surface area (Å²) in [5.41, 5.74) is 0. The second-order valence-electron chi connectivity index (χ2n) is 0.962. The maximum Gasteiger partial charge on any atom is 3.00 e. The molecule has 5 radical (unpaired) electrons. The summed E-state index contributed by atoms with van der Waals surface area (Å²) in [7, 11) is 0. The molecule has 0 unspecified atom stereocenters. The van der Waals surface area contributed by atoms with Crippen LogP contribution in [0.3, 0.4) is 0 Å². The molecule has 0 saturated heterocycles. The normalized spacial score (nSPS) is 15.0. The first kappa shape index (κ1) is 16.1. The Morgan fingerprint density at radius 1 is 0.500 bits per heavy atom. The molecule has 0 aromatic heterocycles. The molecule has 0 atom stereocenters. The summed E-state index contributed by atoms with van der Waals surface area (Å²) in [6.07, 6.45) is 10.0. The van der Waals surface area contributed by atoms with Gasteiger partial charge in [-0.2, -0.15) is 0 Å². The third-order valence-corrected chi connectivity index (χ3v) is 0.556. The Hall–Kier alpha value is 1.11. The zero-order valence-electron chi connectivity index (χ0n) is 4.22. The van der Waals surface area contributed by atoms with Gasteiger partial charge in [-0.05, 0) is 32.1 Å². The maximum absolute atomic E-state index is 2.00. The van der Waals surface area contributed by atoms with Gasteiger partial charge in [-0.25, -0.2) is 0 Å². The van der Waals surface area contributed by atoms with E-state index in [1.54, 1.807) is 0 Å². The summed E-state index contributed by atoms with van der Waals surface area (Å²) in [6, 6.07) is 0. The van der Waals surface area contributed by atoms with E-state index in [-0.39, 0.29) is 42.2 Å². The minimum Gasteiger partial charge on any atom is -1.00 e. The van der Waals surface area contributed by atoms with Crippen LogP contribution in [0.25, 0.3) is 0 Å². The molecule has 1 saturated carbocycles. The molecule has 1 aliphatic rings. The molecule has 0 bridgehead atoms. The first-order valence-electron chi connectivity index (χ1n) is 1.67. The standard InChI is InChI=1S/C5H5.Al.2ClH/c1-2-4-5-3-1;;;/h1-5H;;2*1H/q;+3;;/p-2. The van der Waals surface area contributed by atoms with Crippen molar-refractivity contribution >= 4 is 17.4 Å². The molecular weight excluding hydrogens is 158 g/mol. The molecule has 0 amide bonds. The monoisotopic (exact) mass is 162 g/mol. The summed E-state index contributed by atoms with van der Waals surface area (Å²) < 4.78 is 0. The van der Waals surface area contributed by atoms with Gasteiger partial charge in [0.2, 0.25) is 0 Å². The molecule has 1 rings (SSSR count). The van der Waals surface area contributed by atoms with Gasteiger partial charge in [0.25, 0.3) is 0 Å². The second kappa shape index (κ2) is 11.0. The van der Waals surface area contributed by atoms with Gasteiger partial charge in [-0.1, -0.05) is 0 Å². The summed E-state index contributed by atoms with van der Waals surface area (Å²) in [5.74, 6) is 0. The molecule has 0 nitrogen and oxygen atoms in total. The molecule has 0 spiro atoms.